The fourth-order valence-corrected chi connectivity index (χ4v) is 1.40. The van der Waals surface area contributed by atoms with E-state index in [4.69, 9.17) is 0 Å². The van der Waals surface area contributed by atoms with Crippen molar-refractivity contribution >= 4 is 29.9 Å². The van der Waals surface area contributed by atoms with E-state index in [0.29, 0.717) is 12.6 Å². The average Bonchev–Trinajstić information content (AvgIpc) is 2.35. The second kappa shape index (κ2) is 9.13. The van der Waals surface area contributed by atoms with Crippen LogP contribution in [0.2, 0.25) is 0 Å². The lowest BCUT2D eigenvalue weighted by atomic mass is 10.2. The molecule has 1 unspecified atom stereocenters. The summed E-state index contributed by atoms with van der Waals surface area (Å²) in [7, 11) is 1.78. The zero-order valence-electron chi connectivity index (χ0n) is 11.5. The number of halogens is 1. The van der Waals surface area contributed by atoms with Crippen molar-refractivity contribution in [2.75, 3.05) is 7.05 Å². The van der Waals surface area contributed by atoms with Crippen LogP contribution in [-0.4, -0.2) is 24.0 Å². The molecule has 0 fully saturated rings. The summed E-state index contributed by atoms with van der Waals surface area (Å²) in [5.74, 6) is 0.824. The SMILES string of the molecule is CCC(C)NC(=NC)NCc1ncccc1C.I. The number of nitrogens with zero attached hydrogens (tertiary/aromatic N) is 2. The maximum Gasteiger partial charge on any atom is 0.191 e. The number of pyridine rings is 1. The summed E-state index contributed by atoms with van der Waals surface area (Å²) in [4.78, 5) is 8.53. The summed E-state index contributed by atoms with van der Waals surface area (Å²) in [6, 6.07) is 4.44. The number of nitrogens with one attached hydrogen (secondary N) is 2. The Hall–Kier alpha value is -0.850. The third-order valence-electron chi connectivity index (χ3n) is 2.76. The molecule has 0 aliphatic carbocycles. The van der Waals surface area contributed by atoms with Crippen LogP contribution < -0.4 is 10.6 Å². The molecule has 0 spiro atoms. The molecule has 0 saturated heterocycles. The van der Waals surface area contributed by atoms with Gasteiger partial charge in [-0.2, -0.15) is 0 Å². The van der Waals surface area contributed by atoms with E-state index in [9.17, 15) is 0 Å². The minimum atomic E-state index is 0. The molecular formula is C13H23IN4. The fraction of sp³-hybridized carbons (Fsp3) is 0.538. The first-order chi connectivity index (χ1) is 8.17. The Labute approximate surface area is 127 Å². The van der Waals surface area contributed by atoms with Crippen molar-refractivity contribution < 1.29 is 0 Å². The Balaban J connectivity index is 0.00000289. The monoisotopic (exact) mass is 362 g/mol. The van der Waals surface area contributed by atoms with Crippen LogP contribution >= 0.6 is 24.0 Å². The van der Waals surface area contributed by atoms with Gasteiger partial charge >= 0.3 is 0 Å². The van der Waals surface area contributed by atoms with Crippen molar-refractivity contribution in [2.24, 2.45) is 4.99 Å². The first kappa shape index (κ1) is 17.2. The molecule has 1 rings (SSSR count). The third-order valence-corrected chi connectivity index (χ3v) is 2.76. The predicted molar refractivity (Wildman–Crippen MR) is 87.5 cm³/mol. The zero-order chi connectivity index (χ0) is 12.7. The molecule has 1 heterocycles. The Kier molecular flexibility index (Phi) is 8.70. The lowest BCUT2D eigenvalue weighted by Gasteiger charge is -2.16. The Morgan fingerprint density at radius 2 is 2.22 bits per heavy atom. The van der Waals surface area contributed by atoms with Crippen molar-refractivity contribution in [1.29, 1.82) is 0 Å². The Morgan fingerprint density at radius 1 is 1.50 bits per heavy atom. The summed E-state index contributed by atoms with van der Waals surface area (Å²) < 4.78 is 0. The molecule has 2 N–H and O–H groups in total. The molecule has 1 aromatic rings. The highest BCUT2D eigenvalue weighted by atomic mass is 127. The minimum absolute atomic E-state index is 0. The highest BCUT2D eigenvalue weighted by molar-refractivity contribution is 14.0. The minimum Gasteiger partial charge on any atom is -0.354 e. The second-order valence-corrected chi connectivity index (χ2v) is 4.15. The first-order valence-electron chi connectivity index (χ1n) is 6.05. The fourth-order valence-electron chi connectivity index (χ4n) is 1.40. The van der Waals surface area contributed by atoms with E-state index in [-0.39, 0.29) is 24.0 Å². The number of hydrogen-bond donors (Lipinski definition) is 2. The van der Waals surface area contributed by atoms with Gasteiger partial charge < -0.3 is 10.6 Å². The van der Waals surface area contributed by atoms with E-state index < -0.39 is 0 Å². The molecule has 4 nitrogen and oxygen atoms in total. The summed E-state index contributed by atoms with van der Waals surface area (Å²) in [6.45, 7) is 7.05. The van der Waals surface area contributed by atoms with Gasteiger partial charge in [0.1, 0.15) is 0 Å². The smallest absolute Gasteiger partial charge is 0.191 e. The molecule has 0 amide bonds. The molecule has 0 aliphatic rings. The molecule has 1 atom stereocenters. The topological polar surface area (TPSA) is 49.3 Å². The highest BCUT2D eigenvalue weighted by Gasteiger charge is 2.04. The van der Waals surface area contributed by atoms with Crippen LogP contribution in [0.25, 0.3) is 0 Å². The maximum absolute atomic E-state index is 4.34. The lowest BCUT2D eigenvalue weighted by molar-refractivity contribution is 0.623. The van der Waals surface area contributed by atoms with E-state index in [2.05, 4.69) is 47.4 Å². The van der Waals surface area contributed by atoms with Crippen LogP contribution in [0.5, 0.6) is 0 Å². The van der Waals surface area contributed by atoms with Crippen LogP contribution in [-0.2, 0) is 6.54 Å². The van der Waals surface area contributed by atoms with Crippen LogP contribution in [0.3, 0.4) is 0 Å². The zero-order valence-corrected chi connectivity index (χ0v) is 13.9. The molecule has 5 heteroatoms. The van der Waals surface area contributed by atoms with Gasteiger partial charge in [0.2, 0.25) is 0 Å². The normalized spacial score (nSPS) is 12.6. The van der Waals surface area contributed by atoms with Crippen LogP contribution in [0.15, 0.2) is 23.3 Å². The van der Waals surface area contributed by atoms with Crippen LogP contribution in [0.1, 0.15) is 31.5 Å². The number of aryl methyl sites for hydroxylation is 1. The van der Waals surface area contributed by atoms with E-state index in [0.717, 1.165) is 18.1 Å². The van der Waals surface area contributed by atoms with Crippen molar-refractivity contribution in [1.82, 2.24) is 15.6 Å². The second-order valence-electron chi connectivity index (χ2n) is 4.15. The van der Waals surface area contributed by atoms with Gasteiger partial charge in [0.25, 0.3) is 0 Å². The van der Waals surface area contributed by atoms with E-state index >= 15 is 0 Å². The first-order valence-corrected chi connectivity index (χ1v) is 6.05. The van der Waals surface area contributed by atoms with Gasteiger partial charge in [-0.25, -0.2) is 0 Å². The Morgan fingerprint density at radius 3 is 2.78 bits per heavy atom. The number of hydrogen-bond acceptors (Lipinski definition) is 2. The number of aliphatic imine (C=N–C) groups is 1. The van der Waals surface area contributed by atoms with Crippen LogP contribution in [0, 0.1) is 6.92 Å². The molecule has 0 aromatic carbocycles. The standard InChI is InChI=1S/C13H22N4.HI/c1-5-11(3)17-13(14-4)16-9-12-10(2)7-6-8-15-12;/h6-8,11H,5,9H2,1-4H3,(H2,14,16,17);1H. The van der Waals surface area contributed by atoms with Gasteiger partial charge in [-0.05, 0) is 31.9 Å². The van der Waals surface area contributed by atoms with Gasteiger partial charge in [-0.1, -0.05) is 13.0 Å². The van der Waals surface area contributed by atoms with E-state index in [1.807, 2.05) is 12.3 Å². The molecule has 0 bridgehead atoms. The lowest BCUT2D eigenvalue weighted by Crippen LogP contribution is -2.41. The summed E-state index contributed by atoms with van der Waals surface area (Å²) >= 11 is 0. The summed E-state index contributed by atoms with van der Waals surface area (Å²) in [6.07, 6.45) is 2.89. The van der Waals surface area contributed by atoms with Gasteiger partial charge in [0, 0.05) is 19.3 Å². The number of guanidine groups is 1. The maximum atomic E-state index is 4.34. The van der Waals surface area contributed by atoms with Crippen LogP contribution in [0.4, 0.5) is 0 Å². The largest absolute Gasteiger partial charge is 0.354 e. The molecule has 0 radical (unpaired) electrons. The average molecular weight is 362 g/mol. The molecule has 0 saturated carbocycles. The number of aromatic nitrogens is 1. The van der Waals surface area contributed by atoms with E-state index in [1.54, 1.807) is 7.05 Å². The van der Waals surface area contributed by atoms with Crippen molar-refractivity contribution in [3.05, 3.63) is 29.6 Å². The summed E-state index contributed by atoms with van der Waals surface area (Å²) in [5.41, 5.74) is 2.25. The van der Waals surface area contributed by atoms with Gasteiger partial charge in [-0.15, -0.1) is 24.0 Å². The molecular weight excluding hydrogens is 339 g/mol. The quantitative estimate of drug-likeness (QED) is 0.492. The molecule has 102 valence electrons. The van der Waals surface area contributed by atoms with E-state index in [1.165, 1.54) is 5.56 Å². The summed E-state index contributed by atoms with van der Waals surface area (Å²) in [5, 5.41) is 6.59. The van der Waals surface area contributed by atoms with Crippen molar-refractivity contribution in [3.63, 3.8) is 0 Å². The third kappa shape index (κ3) is 5.66. The van der Waals surface area contributed by atoms with Gasteiger partial charge in [0.15, 0.2) is 5.96 Å². The molecule has 18 heavy (non-hydrogen) atoms. The van der Waals surface area contributed by atoms with Crippen molar-refractivity contribution in [3.8, 4) is 0 Å². The van der Waals surface area contributed by atoms with Gasteiger partial charge in [-0.3, -0.25) is 9.98 Å². The van der Waals surface area contributed by atoms with Crippen molar-refractivity contribution in [2.45, 2.75) is 39.8 Å². The molecule has 1 aromatic heterocycles. The Bertz CT molecular complexity index is 379. The molecule has 0 aliphatic heterocycles. The highest BCUT2D eigenvalue weighted by Crippen LogP contribution is 2.02. The number of rotatable bonds is 4. The van der Waals surface area contributed by atoms with Gasteiger partial charge in [0.05, 0.1) is 12.2 Å². The predicted octanol–water partition coefficient (Wildman–Crippen LogP) is 2.47.